The lowest BCUT2D eigenvalue weighted by atomic mass is 10.0. The van der Waals surface area contributed by atoms with Gasteiger partial charge in [0.05, 0.1) is 12.5 Å². The molecule has 0 saturated carbocycles. The Hall–Kier alpha value is -0.780. The Morgan fingerprint density at radius 3 is 2.38 bits per heavy atom. The summed E-state index contributed by atoms with van der Waals surface area (Å²) in [7, 11) is 0. The van der Waals surface area contributed by atoms with Crippen molar-refractivity contribution in [3.05, 3.63) is 0 Å². The minimum absolute atomic E-state index is 0.294. The molecule has 2 N–H and O–H groups in total. The molecule has 6 heteroatoms. The fraction of sp³-hybridized carbons (Fsp3) is 0.900. The normalized spacial score (nSPS) is 15.6. The molecule has 3 nitrogen and oxygen atoms in total. The Balaban J connectivity index is 4.07. The molecule has 0 rings (SSSR count). The minimum Gasteiger partial charge on any atom is -0.396 e. The first-order chi connectivity index (χ1) is 7.32. The summed E-state index contributed by atoms with van der Waals surface area (Å²) in [6.07, 6.45) is -3.03. The molecule has 0 aliphatic carbocycles. The zero-order valence-electron chi connectivity index (χ0n) is 9.47. The molecule has 0 saturated heterocycles. The van der Waals surface area contributed by atoms with E-state index >= 15 is 0 Å². The van der Waals surface area contributed by atoms with E-state index in [1.807, 2.05) is 6.92 Å². The van der Waals surface area contributed by atoms with Crippen LogP contribution in [0, 0.1) is 11.8 Å². The van der Waals surface area contributed by atoms with E-state index in [1.54, 1.807) is 6.92 Å². The van der Waals surface area contributed by atoms with E-state index in [9.17, 15) is 18.0 Å². The first-order valence-corrected chi connectivity index (χ1v) is 5.28. The summed E-state index contributed by atoms with van der Waals surface area (Å²) < 4.78 is 36.6. The van der Waals surface area contributed by atoms with Gasteiger partial charge in [-0.15, -0.1) is 0 Å². The highest BCUT2D eigenvalue weighted by atomic mass is 19.4. The van der Waals surface area contributed by atoms with Crippen LogP contribution >= 0.6 is 0 Å². The van der Waals surface area contributed by atoms with E-state index in [0.717, 1.165) is 6.42 Å². The SMILES string of the molecule is CCCC(C)C(=O)NCC(CO)C(F)(F)F. The molecule has 0 heterocycles. The highest BCUT2D eigenvalue weighted by molar-refractivity contribution is 5.78. The summed E-state index contributed by atoms with van der Waals surface area (Å²) in [5.41, 5.74) is 0. The number of aliphatic hydroxyl groups is 1. The molecule has 0 aromatic heterocycles. The highest BCUT2D eigenvalue weighted by Gasteiger charge is 2.39. The number of halogens is 3. The average molecular weight is 241 g/mol. The predicted octanol–water partition coefficient (Wildman–Crippen LogP) is 1.71. The number of hydrogen-bond donors (Lipinski definition) is 2. The van der Waals surface area contributed by atoms with Crippen molar-refractivity contribution in [2.45, 2.75) is 32.9 Å². The molecule has 96 valence electrons. The van der Waals surface area contributed by atoms with Gasteiger partial charge in [-0.05, 0) is 6.42 Å². The Labute approximate surface area is 93.0 Å². The van der Waals surface area contributed by atoms with Crippen LogP contribution in [0.15, 0.2) is 0 Å². The third-order valence-corrected chi connectivity index (χ3v) is 2.38. The van der Waals surface area contributed by atoms with Gasteiger partial charge in [-0.3, -0.25) is 4.79 Å². The summed E-state index contributed by atoms with van der Waals surface area (Å²) >= 11 is 0. The number of nitrogens with one attached hydrogen (secondary N) is 1. The summed E-state index contributed by atoms with van der Waals surface area (Å²) in [4.78, 5) is 11.3. The lowest BCUT2D eigenvalue weighted by Gasteiger charge is -2.19. The lowest BCUT2D eigenvalue weighted by molar-refractivity contribution is -0.182. The molecule has 2 atom stereocenters. The van der Waals surface area contributed by atoms with E-state index in [0.29, 0.717) is 6.42 Å². The van der Waals surface area contributed by atoms with Gasteiger partial charge in [0.15, 0.2) is 0 Å². The molecule has 0 fully saturated rings. The molecular weight excluding hydrogens is 223 g/mol. The first kappa shape index (κ1) is 15.2. The van der Waals surface area contributed by atoms with Gasteiger partial charge in [0.1, 0.15) is 0 Å². The zero-order valence-corrected chi connectivity index (χ0v) is 9.47. The molecule has 0 aromatic carbocycles. The van der Waals surface area contributed by atoms with Crippen molar-refractivity contribution in [1.29, 1.82) is 0 Å². The summed E-state index contributed by atoms with van der Waals surface area (Å²) in [6.45, 7) is 2.00. The van der Waals surface area contributed by atoms with E-state index < -0.39 is 31.2 Å². The molecule has 2 unspecified atom stereocenters. The molecule has 0 aliphatic heterocycles. The number of carbonyl (C=O) groups is 1. The Bertz CT molecular complexity index is 219. The quantitative estimate of drug-likeness (QED) is 0.743. The van der Waals surface area contributed by atoms with E-state index in [1.165, 1.54) is 0 Å². The number of alkyl halides is 3. The Morgan fingerprint density at radius 2 is 2.00 bits per heavy atom. The maximum Gasteiger partial charge on any atom is 0.395 e. The van der Waals surface area contributed by atoms with Crippen LogP contribution in [0.1, 0.15) is 26.7 Å². The van der Waals surface area contributed by atoms with Crippen LogP contribution in [0.2, 0.25) is 0 Å². The molecule has 0 aromatic rings. The minimum atomic E-state index is -4.48. The van der Waals surface area contributed by atoms with Crippen LogP contribution in [-0.2, 0) is 4.79 Å². The monoisotopic (exact) mass is 241 g/mol. The molecule has 0 aliphatic rings. The average Bonchev–Trinajstić information content (AvgIpc) is 2.16. The van der Waals surface area contributed by atoms with Crippen molar-refractivity contribution in [1.82, 2.24) is 5.32 Å². The second-order valence-corrected chi connectivity index (χ2v) is 3.86. The molecule has 16 heavy (non-hydrogen) atoms. The lowest BCUT2D eigenvalue weighted by Crippen LogP contribution is -2.40. The third kappa shape index (κ3) is 5.34. The topological polar surface area (TPSA) is 49.3 Å². The highest BCUT2D eigenvalue weighted by Crippen LogP contribution is 2.25. The maximum absolute atomic E-state index is 12.2. The molecular formula is C10H18F3NO2. The van der Waals surface area contributed by atoms with Crippen LogP contribution in [0.3, 0.4) is 0 Å². The van der Waals surface area contributed by atoms with E-state index in [2.05, 4.69) is 5.32 Å². The standard InChI is InChI=1S/C10H18F3NO2/c1-3-4-7(2)9(16)14-5-8(6-15)10(11,12)13/h7-8,15H,3-6H2,1-2H3,(H,14,16). The second-order valence-electron chi connectivity index (χ2n) is 3.86. The fourth-order valence-corrected chi connectivity index (χ4v) is 1.25. The largest absolute Gasteiger partial charge is 0.396 e. The van der Waals surface area contributed by atoms with Gasteiger partial charge < -0.3 is 10.4 Å². The number of amides is 1. The number of aliphatic hydroxyl groups excluding tert-OH is 1. The van der Waals surface area contributed by atoms with E-state index in [-0.39, 0.29) is 5.92 Å². The van der Waals surface area contributed by atoms with Crippen LogP contribution in [-0.4, -0.2) is 30.3 Å². The smallest absolute Gasteiger partial charge is 0.395 e. The number of carbonyl (C=O) groups excluding carboxylic acids is 1. The zero-order chi connectivity index (χ0) is 12.8. The third-order valence-electron chi connectivity index (χ3n) is 2.38. The van der Waals surface area contributed by atoms with Crippen LogP contribution < -0.4 is 5.32 Å². The van der Waals surface area contributed by atoms with Crippen LogP contribution in [0.4, 0.5) is 13.2 Å². The van der Waals surface area contributed by atoms with Crippen molar-refractivity contribution in [3.63, 3.8) is 0 Å². The molecule has 0 radical (unpaired) electrons. The van der Waals surface area contributed by atoms with Gasteiger partial charge in [0.2, 0.25) is 5.91 Å². The summed E-state index contributed by atoms with van der Waals surface area (Å²) in [5, 5.41) is 10.8. The van der Waals surface area contributed by atoms with Gasteiger partial charge >= 0.3 is 6.18 Å². The maximum atomic E-state index is 12.2. The van der Waals surface area contributed by atoms with Crippen molar-refractivity contribution < 1.29 is 23.1 Å². The van der Waals surface area contributed by atoms with Crippen LogP contribution in [0.5, 0.6) is 0 Å². The Kier molecular flexibility index (Phi) is 6.40. The number of rotatable bonds is 6. The summed E-state index contributed by atoms with van der Waals surface area (Å²) in [5.74, 6) is -2.58. The number of hydrogen-bond acceptors (Lipinski definition) is 2. The van der Waals surface area contributed by atoms with Crippen LogP contribution in [0.25, 0.3) is 0 Å². The van der Waals surface area contributed by atoms with Crippen molar-refractivity contribution in [2.24, 2.45) is 11.8 Å². The fourth-order valence-electron chi connectivity index (χ4n) is 1.25. The van der Waals surface area contributed by atoms with Gasteiger partial charge in [-0.2, -0.15) is 13.2 Å². The van der Waals surface area contributed by atoms with Gasteiger partial charge in [0, 0.05) is 12.5 Å². The first-order valence-electron chi connectivity index (χ1n) is 5.28. The van der Waals surface area contributed by atoms with Crippen molar-refractivity contribution >= 4 is 5.91 Å². The molecule has 0 bridgehead atoms. The van der Waals surface area contributed by atoms with Crippen molar-refractivity contribution in [3.8, 4) is 0 Å². The Morgan fingerprint density at radius 1 is 1.44 bits per heavy atom. The van der Waals surface area contributed by atoms with Gasteiger partial charge in [-0.1, -0.05) is 20.3 Å². The molecule has 0 spiro atoms. The van der Waals surface area contributed by atoms with Gasteiger partial charge in [-0.25, -0.2) is 0 Å². The van der Waals surface area contributed by atoms with Crippen molar-refractivity contribution in [2.75, 3.05) is 13.2 Å². The molecule has 1 amide bonds. The van der Waals surface area contributed by atoms with Gasteiger partial charge in [0.25, 0.3) is 0 Å². The van der Waals surface area contributed by atoms with E-state index in [4.69, 9.17) is 5.11 Å². The predicted molar refractivity (Wildman–Crippen MR) is 53.7 cm³/mol. The summed E-state index contributed by atoms with van der Waals surface area (Å²) in [6, 6.07) is 0. The second kappa shape index (κ2) is 6.73.